The van der Waals surface area contributed by atoms with Crippen molar-refractivity contribution in [2.24, 2.45) is 7.05 Å². The average molecular weight is 445 g/mol. The zero-order valence-corrected chi connectivity index (χ0v) is 17.9. The smallest absolute Gasteiger partial charge is 0.350 e. The number of carbonyl (C=O) groups excluding carboxylic acids is 1. The molecule has 0 unspecified atom stereocenters. The predicted octanol–water partition coefficient (Wildman–Crippen LogP) is 3.59. The molecule has 1 aromatic carbocycles. The van der Waals surface area contributed by atoms with E-state index in [2.05, 4.69) is 25.7 Å². The SMILES string of the molecule is Cc1nc(NCc2ccc(-c3cc(C(F)(F)F)nn3C)cc2)nc2c1NC(=O)[C@H](C)N2C. The van der Waals surface area contributed by atoms with Crippen LogP contribution in [-0.4, -0.2) is 38.7 Å². The zero-order valence-electron chi connectivity index (χ0n) is 17.9. The Labute approximate surface area is 182 Å². The van der Waals surface area contributed by atoms with Crippen molar-refractivity contribution in [2.45, 2.75) is 32.6 Å². The summed E-state index contributed by atoms with van der Waals surface area (Å²) in [6.45, 7) is 4.02. The molecule has 3 heterocycles. The molecule has 0 spiro atoms. The molecule has 2 aromatic heterocycles. The Hall–Kier alpha value is -3.63. The number of nitrogens with zero attached hydrogens (tertiary/aromatic N) is 5. The van der Waals surface area contributed by atoms with Crippen LogP contribution in [0.2, 0.25) is 0 Å². The van der Waals surface area contributed by atoms with Gasteiger partial charge < -0.3 is 15.5 Å². The van der Waals surface area contributed by atoms with Gasteiger partial charge in [0.05, 0.1) is 11.4 Å². The molecule has 11 heteroatoms. The van der Waals surface area contributed by atoms with Gasteiger partial charge in [-0.3, -0.25) is 9.48 Å². The highest BCUT2D eigenvalue weighted by molar-refractivity contribution is 6.03. The number of nitrogens with one attached hydrogen (secondary N) is 2. The highest BCUT2D eigenvalue weighted by atomic mass is 19.4. The number of hydrogen-bond acceptors (Lipinski definition) is 6. The number of carbonyl (C=O) groups is 1. The van der Waals surface area contributed by atoms with Crippen LogP contribution in [0.15, 0.2) is 30.3 Å². The van der Waals surface area contributed by atoms with E-state index in [1.807, 2.05) is 12.1 Å². The van der Waals surface area contributed by atoms with Crippen molar-refractivity contribution in [3.05, 3.63) is 47.3 Å². The fourth-order valence-corrected chi connectivity index (χ4v) is 3.48. The first kappa shape index (κ1) is 21.6. The summed E-state index contributed by atoms with van der Waals surface area (Å²) in [7, 11) is 3.29. The third-order valence-corrected chi connectivity index (χ3v) is 5.48. The minimum absolute atomic E-state index is 0.108. The van der Waals surface area contributed by atoms with Crippen LogP contribution in [0.5, 0.6) is 0 Å². The Kier molecular flexibility index (Phi) is 5.27. The lowest BCUT2D eigenvalue weighted by molar-refractivity contribution is -0.141. The lowest BCUT2D eigenvalue weighted by Crippen LogP contribution is -2.44. The maximum atomic E-state index is 12.9. The summed E-state index contributed by atoms with van der Waals surface area (Å²) in [4.78, 5) is 22.8. The molecule has 8 nitrogen and oxygen atoms in total. The molecule has 1 atom stereocenters. The molecule has 3 aromatic rings. The van der Waals surface area contributed by atoms with Gasteiger partial charge >= 0.3 is 6.18 Å². The molecule has 168 valence electrons. The van der Waals surface area contributed by atoms with Gasteiger partial charge in [-0.15, -0.1) is 0 Å². The van der Waals surface area contributed by atoms with E-state index in [1.54, 1.807) is 37.9 Å². The molecule has 1 aliphatic rings. The van der Waals surface area contributed by atoms with Gasteiger partial charge in [0, 0.05) is 20.6 Å². The van der Waals surface area contributed by atoms with Gasteiger partial charge in [-0.05, 0) is 31.0 Å². The van der Waals surface area contributed by atoms with E-state index in [0.717, 1.165) is 11.6 Å². The first-order valence-corrected chi connectivity index (χ1v) is 9.91. The highest BCUT2D eigenvalue weighted by Gasteiger charge is 2.34. The molecule has 1 amide bonds. The summed E-state index contributed by atoms with van der Waals surface area (Å²) >= 11 is 0. The average Bonchev–Trinajstić information content (AvgIpc) is 3.14. The van der Waals surface area contributed by atoms with Crippen LogP contribution in [0, 0.1) is 6.92 Å². The van der Waals surface area contributed by atoms with Gasteiger partial charge in [-0.25, -0.2) is 4.98 Å². The van der Waals surface area contributed by atoms with Crippen LogP contribution in [0.25, 0.3) is 11.3 Å². The number of benzene rings is 1. The molecule has 1 aliphatic heterocycles. The number of fused-ring (bicyclic) bond motifs is 1. The number of amides is 1. The fraction of sp³-hybridized carbons (Fsp3) is 0.333. The fourth-order valence-electron chi connectivity index (χ4n) is 3.48. The van der Waals surface area contributed by atoms with E-state index >= 15 is 0 Å². The van der Waals surface area contributed by atoms with Crippen LogP contribution >= 0.6 is 0 Å². The van der Waals surface area contributed by atoms with Crippen molar-refractivity contribution in [1.82, 2.24) is 19.7 Å². The topological polar surface area (TPSA) is 88.0 Å². The molecule has 32 heavy (non-hydrogen) atoms. The van der Waals surface area contributed by atoms with Crippen molar-refractivity contribution < 1.29 is 18.0 Å². The molecule has 0 bridgehead atoms. The lowest BCUT2D eigenvalue weighted by atomic mass is 10.1. The molecule has 0 saturated heterocycles. The largest absolute Gasteiger partial charge is 0.435 e. The Morgan fingerprint density at radius 2 is 1.84 bits per heavy atom. The van der Waals surface area contributed by atoms with Crippen molar-refractivity contribution in [3.63, 3.8) is 0 Å². The summed E-state index contributed by atoms with van der Waals surface area (Å²) in [5, 5.41) is 9.55. The van der Waals surface area contributed by atoms with E-state index in [-0.39, 0.29) is 11.9 Å². The van der Waals surface area contributed by atoms with Crippen LogP contribution < -0.4 is 15.5 Å². The summed E-state index contributed by atoms with van der Waals surface area (Å²) in [6.07, 6.45) is -4.48. The monoisotopic (exact) mass is 445 g/mol. The first-order valence-electron chi connectivity index (χ1n) is 9.91. The van der Waals surface area contributed by atoms with Crippen molar-refractivity contribution >= 4 is 23.4 Å². The van der Waals surface area contributed by atoms with Gasteiger partial charge in [-0.1, -0.05) is 24.3 Å². The lowest BCUT2D eigenvalue weighted by Gasteiger charge is -2.32. The molecular formula is C21H22F3N7O. The van der Waals surface area contributed by atoms with Gasteiger partial charge in [-0.2, -0.15) is 23.3 Å². The summed E-state index contributed by atoms with van der Waals surface area (Å²) in [5.74, 6) is 0.948. The second-order valence-corrected chi connectivity index (χ2v) is 7.69. The summed E-state index contributed by atoms with van der Waals surface area (Å²) in [6, 6.07) is 7.83. The second kappa shape index (κ2) is 7.81. The van der Waals surface area contributed by atoms with Crippen LogP contribution in [0.3, 0.4) is 0 Å². The maximum absolute atomic E-state index is 12.9. The minimum atomic E-state index is -4.48. The molecule has 0 radical (unpaired) electrons. The molecule has 0 saturated carbocycles. The van der Waals surface area contributed by atoms with Crippen molar-refractivity contribution in [1.29, 1.82) is 0 Å². The second-order valence-electron chi connectivity index (χ2n) is 7.69. The van der Waals surface area contributed by atoms with E-state index in [4.69, 9.17) is 0 Å². The van der Waals surface area contributed by atoms with Crippen molar-refractivity contribution in [2.75, 3.05) is 22.6 Å². The van der Waals surface area contributed by atoms with E-state index in [9.17, 15) is 18.0 Å². The summed E-state index contributed by atoms with van der Waals surface area (Å²) in [5.41, 5.74) is 2.24. The molecule has 0 fully saturated rings. The predicted molar refractivity (Wildman–Crippen MR) is 114 cm³/mol. The zero-order chi connectivity index (χ0) is 23.2. The number of hydrogen-bond donors (Lipinski definition) is 2. The van der Waals surface area contributed by atoms with E-state index in [0.29, 0.717) is 40.9 Å². The number of rotatable bonds is 4. The number of alkyl halides is 3. The Morgan fingerprint density at radius 3 is 2.47 bits per heavy atom. The van der Waals surface area contributed by atoms with Crippen LogP contribution in [0.1, 0.15) is 23.9 Å². The maximum Gasteiger partial charge on any atom is 0.435 e. The normalized spacial score (nSPS) is 16.0. The number of aryl methyl sites for hydroxylation is 2. The molecule has 0 aliphatic carbocycles. The van der Waals surface area contributed by atoms with Gasteiger partial charge in [0.15, 0.2) is 11.5 Å². The Morgan fingerprint density at radius 1 is 1.16 bits per heavy atom. The van der Waals surface area contributed by atoms with Crippen LogP contribution in [-0.2, 0) is 24.6 Å². The van der Waals surface area contributed by atoms with E-state index < -0.39 is 11.9 Å². The molecule has 2 N–H and O–H groups in total. The Bertz CT molecular complexity index is 1170. The van der Waals surface area contributed by atoms with Gasteiger partial charge in [0.25, 0.3) is 0 Å². The standard InChI is InChI=1S/C21H22F3N7O/c1-11-17-18(30(3)12(2)19(32)27-17)28-20(26-11)25-10-13-5-7-14(8-6-13)15-9-16(21(22,23)24)29-31(15)4/h5-9,12H,10H2,1-4H3,(H,27,32)(H,25,26,28)/t12-/m0/s1. The van der Waals surface area contributed by atoms with E-state index in [1.165, 1.54) is 11.7 Å². The van der Waals surface area contributed by atoms with Gasteiger partial charge in [0.1, 0.15) is 11.7 Å². The Balaban J connectivity index is 1.49. The number of likely N-dealkylation sites (N-methyl/N-ethyl adjacent to an activating group) is 1. The third kappa shape index (κ3) is 3.97. The summed E-state index contributed by atoms with van der Waals surface area (Å²) < 4.78 is 39.9. The minimum Gasteiger partial charge on any atom is -0.350 e. The first-order chi connectivity index (χ1) is 15.0. The van der Waals surface area contributed by atoms with Gasteiger partial charge in [0.2, 0.25) is 11.9 Å². The quantitative estimate of drug-likeness (QED) is 0.638. The highest BCUT2D eigenvalue weighted by Crippen LogP contribution is 2.33. The molecular weight excluding hydrogens is 423 g/mol. The van der Waals surface area contributed by atoms with Crippen molar-refractivity contribution in [3.8, 4) is 11.3 Å². The molecule has 4 rings (SSSR count). The number of aromatic nitrogens is 4. The third-order valence-electron chi connectivity index (χ3n) is 5.48. The number of halogens is 3. The van der Waals surface area contributed by atoms with Crippen LogP contribution in [0.4, 0.5) is 30.6 Å². The number of anilines is 3.